The Kier molecular flexibility index (Phi) is 6.40. The van der Waals surface area contributed by atoms with E-state index >= 15 is 0 Å². The van der Waals surface area contributed by atoms with Gasteiger partial charge in [-0.25, -0.2) is 9.97 Å². The molecule has 5 rings (SSSR count). The Labute approximate surface area is 214 Å². The molecule has 0 fully saturated rings. The second-order valence-electron chi connectivity index (χ2n) is 9.70. The summed E-state index contributed by atoms with van der Waals surface area (Å²) in [7, 11) is 0. The molecule has 0 aliphatic carbocycles. The third-order valence-electron chi connectivity index (χ3n) is 7.07. The molecule has 0 aliphatic rings. The van der Waals surface area contributed by atoms with Gasteiger partial charge in [0.15, 0.2) is 0 Å². The maximum absolute atomic E-state index is 5.16. The Bertz CT molecular complexity index is 1600. The number of hydrogen-bond acceptors (Lipinski definition) is 3. The molecule has 180 valence electrons. The first-order valence-electron chi connectivity index (χ1n) is 12.8. The summed E-state index contributed by atoms with van der Waals surface area (Å²) in [5, 5.41) is 2.18. The Morgan fingerprint density at radius 1 is 0.722 bits per heavy atom. The fraction of sp³-hybridized carbons (Fsp3) is 0.242. The van der Waals surface area contributed by atoms with Gasteiger partial charge in [0.1, 0.15) is 0 Å². The van der Waals surface area contributed by atoms with Gasteiger partial charge in [0.2, 0.25) is 0 Å². The van der Waals surface area contributed by atoms with Gasteiger partial charge in [-0.2, -0.15) is 0 Å². The van der Waals surface area contributed by atoms with Crippen LogP contribution in [-0.2, 0) is 12.8 Å². The van der Waals surface area contributed by atoms with Crippen molar-refractivity contribution in [3.8, 4) is 11.3 Å². The first kappa shape index (κ1) is 23.9. The molecule has 2 heterocycles. The first-order valence-corrected chi connectivity index (χ1v) is 12.8. The zero-order valence-electron chi connectivity index (χ0n) is 22.1. The SMILES string of the molecule is CCc1cccc(CC)c1N=C(C)c1ccc2ccc3ccc(-c4c(C)cc(C)cc4C)nc3c2n1. The summed E-state index contributed by atoms with van der Waals surface area (Å²) in [6.45, 7) is 12.9. The smallest absolute Gasteiger partial charge is 0.0972 e. The number of aliphatic imine (C=N–C) groups is 1. The molecule has 3 heteroatoms. The lowest BCUT2D eigenvalue weighted by Gasteiger charge is -2.13. The number of fused-ring (bicyclic) bond motifs is 3. The average molecular weight is 472 g/mol. The van der Waals surface area contributed by atoms with Crippen LogP contribution in [0.15, 0.2) is 71.7 Å². The fourth-order valence-electron chi connectivity index (χ4n) is 5.28. The van der Waals surface area contributed by atoms with E-state index < -0.39 is 0 Å². The molecule has 0 N–H and O–H groups in total. The molecule has 3 nitrogen and oxygen atoms in total. The Balaban J connectivity index is 1.68. The maximum atomic E-state index is 5.16. The van der Waals surface area contributed by atoms with Crippen LogP contribution in [0.4, 0.5) is 5.69 Å². The van der Waals surface area contributed by atoms with Gasteiger partial charge in [0.25, 0.3) is 0 Å². The molecule has 0 saturated carbocycles. The second-order valence-corrected chi connectivity index (χ2v) is 9.70. The van der Waals surface area contributed by atoms with E-state index in [4.69, 9.17) is 15.0 Å². The summed E-state index contributed by atoms with van der Waals surface area (Å²) in [4.78, 5) is 15.4. The fourth-order valence-corrected chi connectivity index (χ4v) is 5.28. The average Bonchev–Trinajstić information content (AvgIpc) is 2.87. The molecule has 0 unspecified atom stereocenters. The number of pyridine rings is 2. The molecule has 36 heavy (non-hydrogen) atoms. The van der Waals surface area contributed by atoms with Gasteiger partial charge in [0.05, 0.1) is 33.8 Å². The lowest BCUT2D eigenvalue weighted by molar-refractivity contribution is 1.08. The van der Waals surface area contributed by atoms with Crippen LogP contribution in [0, 0.1) is 20.8 Å². The lowest BCUT2D eigenvalue weighted by atomic mass is 9.96. The molecular weight excluding hydrogens is 438 g/mol. The van der Waals surface area contributed by atoms with Crippen LogP contribution in [0.25, 0.3) is 33.1 Å². The minimum Gasteiger partial charge on any atom is -0.251 e. The molecule has 5 aromatic rings. The topological polar surface area (TPSA) is 38.1 Å². The van der Waals surface area contributed by atoms with Crippen LogP contribution in [0.2, 0.25) is 0 Å². The van der Waals surface area contributed by atoms with Gasteiger partial charge in [-0.1, -0.05) is 74.0 Å². The van der Waals surface area contributed by atoms with Crippen molar-refractivity contribution < 1.29 is 0 Å². The molecular formula is C33H33N3. The predicted molar refractivity (Wildman–Crippen MR) is 154 cm³/mol. The van der Waals surface area contributed by atoms with Crippen molar-refractivity contribution in [1.82, 2.24) is 9.97 Å². The van der Waals surface area contributed by atoms with Crippen molar-refractivity contribution in [3.05, 3.63) is 100 Å². The summed E-state index contributed by atoms with van der Waals surface area (Å²) >= 11 is 0. The summed E-state index contributed by atoms with van der Waals surface area (Å²) < 4.78 is 0. The molecule has 0 spiro atoms. The van der Waals surface area contributed by atoms with Crippen LogP contribution >= 0.6 is 0 Å². The van der Waals surface area contributed by atoms with Gasteiger partial charge < -0.3 is 0 Å². The molecule has 2 aromatic heterocycles. The van der Waals surface area contributed by atoms with Crippen LogP contribution in [-0.4, -0.2) is 15.7 Å². The monoisotopic (exact) mass is 471 g/mol. The quantitative estimate of drug-likeness (QED) is 0.190. The number of nitrogens with zero attached hydrogens (tertiary/aromatic N) is 3. The number of para-hydroxylation sites is 1. The van der Waals surface area contributed by atoms with Gasteiger partial charge in [-0.15, -0.1) is 0 Å². The Morgan fingerprint density at radius 3 is 1.89 bits per heavy atom. The molecule has 3 aromatic carbocycles. The third kappa shape index (κ3) is 4.30. The molecule has 0 aliphatic heterocycles. The molecule has 0 bridgehead atoms. The van der Waals surface area contributed by atoms with Crippen molar-refractivity contribution in [2.75, 3.05) is 0 Å². The number of aryl methyl sites for hydroxylation is 5. The molecule has 0 amide bonds. The van der Waals surface area contributed by atoms with Gasteiger partial charge in [-0.3, -0.25) is 4.99 Å². The Hall–Kier alpha value is -3.85. The Morgan fingerprint density at radius 2 is 1.28 bits per heavy atom. The number of aromatic nitrogens is 2. The minimum atomic E-state index is 0.887. The summed E-state index contributed by atoms with van der Waals surface area (Å²) in [6, 6.07) is 23.7. The van der Waals surface area contributed by atoms with Crippen molar-refractivity contribution in [2.45, 2.75) is 54.4 Å². The second kappa shape index (κ2) is 9.66. The zero-order chi connectivity index (χ0) is 25.4. The molecule has 0 atom stereocenters. The van der Waals surface area contributed by atoms with E-state index in [1.807, 2.05) is 0 Å². The van der Waals surface area contributed by atoms with E-state index in [0.717, 1.165) is 57.4 Å². The standard InChI is InChI=1S/C33H33N3/c1-7-24-10-9-11-25(8-2)31(24)34-23(6)28-16-14-26-12-13-27-15-17-29(36-33(27)32(26)35-28)30-21(4)18-20(3)19-22(30)5/h9-19H,7-8H2,1-6H3. The largest absolute Gasteiger partial charge is 0.251 e. The minimum absolute atomic E-state index is 0.887. The lowest BCUT2D eigenvalue weighted by Crippen LogP contribution is -2.01. The van der Waals surface area contributed by atoms with E-state index in [1.165, 1.54) is 33.4 Å². The number of rotatable bonds is 5. The number of hydrogen-bond donors (Lipinski definition) is 0. The van der Waals surface area contributed by atoms with E-state index in [-0.39, 0.29) is 0 Å². The predicted octanol–water partition coefficient (Wildman–Crippen LogP) is 8.64. The summed E-state index contributed by atoms with van der Waals surface area (Å²) in [6.07, 6.45) is 1.92. The van der Waals surface area contributed by atoms with Crippen molar-refractivity contribution in [2.24, 2.45) is 4.99 Å². The van der Waals surface area contributed by atoms with Gasteiger partial charge in [-0.05, 0) is 74.9 Å². The van der Waals surface area contributed by atoms with E-state index in [0.29, 0.717) is 0 Å². The van der Waals surface area contributed by atoms with E-state index in [9.17, 15) is 0 Å². The maximum Gasteiger partial charge on any atom is 0.0972 e. The van der Waals surface area contributed by atoms with Crippen LogP contribution < -0.4 is 0 Å². The highest BCUT2D eigenvalue weighted by Crippen LogP contribution is 2.31. The highest BCUT2D eigenvalue weighted by atomic mass is 14.8. The van der Waals surface area contributed by atoms with Crippen molar-refractivity contribution >= 4 is 33.2 Å². The normalized spacial score (nSPS) is 12.0. The van der Waals surface area contributed by atoms with Gasteiger partial charge in [0, 0.05) is 16.3 Å². The summed E-state index contributed by atoms with van der Waals surface area (Å²) in [5.74, 6) is 0. The van der Waals surface area contributed by atoms with E-state index in [1.54, 1.807) is 0 Å². The van der Waals surface area contributed by atoms with Crippen LogP contribution in [0.5, 0.6) is 0 Å². The van der Waals surface area contributed by atoms with Crippen molar-refractivity contribution in [3.63, 3.8) is 0 Å². The highest BCUT2D eigenvalue weighted by molar-refractivity contribution is 6.06. The summed E-state index contributed by atoms with van der Waals surface area (Å²) in [5.41, 5.74) is 13.3. The highest BCUT2D eigenvalue weighted by Gasteiger charge is 2.13. The molecule has 0 radical (unpaired) electrons. The van der Waals surface area contributed by atoms with Crippen molar-refractivity contribution in [1.29, 1.82) is 0 Å². The van der Waals surface area contributed by atoms with Crippen LogP contribution in [0.3, 0.4) is 0 Å². The zero-order valence-corrected chi connectivity index (χ0v) is 22.1. The third-order valence-corrected chi connectivity index (χ3v) is 7.07. The first-order chi connectivity index (χ1) is 17.4. The van der Waals surface area contributed by atoms with E-state index in [2.05, 4.69) is 108 Å². The van der Waals surface area contributed by atoms with Crippen LogP contribution in [0.1, 0.15) is 54.3 Å². The molecule has 0 saturated heterocycles. The van der Waals surface area contributed by atoms with Gasteiger partial charge >= 0.3 is 0 Å². The number of benzene rings is 3.